The molecule has 2 nitrogen and oxygen atoms in total. The first-order valence-corrected chi connectivity index (χ1v) is 6.64. The molecule has 1 aliphatic rings. The summed E-state index contributed by atoms with van der Waals surface area (Å²) in [6.45, 7) is 0.867. The summed E-state index contributed by atoms with van der Waals surface area (Å²) in [6.07, 6.45) is 3.99. The van der Waals surface area contributed by atoms with Crippen LogP contribution in [0.2, 0.25) is 5.02 Å². The molecular formula is C14H15ClF2O2. The van der Waals surface area contributed by atoms with E-state index < -0.39 is 11.7 Å². The Morgan fingerprint density at radius 3 is 2.58 bits per heavy atom. The Bertz CT molecular complexity index is 482. The highest BCUT2D eigenvalue weighted by Gasteiger charge is 2.38. The largest absolute Gasteiger partial charge is 0.489 e. The van der Waals surface area contributed by atoms with E-state index in [1.54, 1.807) is 0 Å². The van der Waals surface area contributed by atoms with Gasteiger partial charge in [-0.25, -0.2) is 0 Å². The van der Waals surface area contributed by atoms with Gasteiger partial charge in [-0.2, -0.15) is 8.78 Å². The van der Waals surface area contributed by atoms with Gasteiger partial charge >= 0.3 is 5.92 Å². The maximum Gasteiger partial charge on any atom is 0.330 e. The van der Waals surface area contributed by atoms with Crippen molar-refractivity contribution in [2.75, 3.05) is 0 Å². The molecule has 1 aromatic carbocycles. The molecule has 0 amide bonds. The summed E-state index contributed by atoms with van der Waals surface area (Å²) in [6, 6.07) is 3.67. The van der Waals surface area contributed by atoms with Gasteiger partial charge < -0.3 is 4.74 Å². The number of hydrogen-bond acceptors (Lipinski definition) is 2. The highest BCUT2D eigenvalue weighted by atomic mass is 35.5. The monoisotopic (exact) mass is 288 g/mol. The fourth-order valence-electron chi connectivity index (χ4n) is 2.18. The minimum Gasteiger partial charge on any atom is -0.489 e. The standard InChI is InChI=1S/C14H15ClF2O2/c1-9(18)14(16,17)10-6-7-12(15)13(8-10)19-11-4-2-3-5-11/h6-8,11H,2-5H2,1H3. The van der Waals surface area contributed by atoms with Gasteiger partial charge in [0.15, 0.2) is 0 Å². The molecule has 0 spiro atoms. The number of carbonyl (C=O) groups is 1. The molecule has 1 aliphatic carbocycles. The lowest BCUT2D eigenvalue weighted by Gasteiger charge is -2.18. The SMILES string of the molecule is CC(=O)C(F)(F)c1ccc(Cl)c(OC2CCCC2)c1. The van der Waals surface area contributed by atoms with E-state index in [1.165, 1.54) is 12.1 Å². The van der Waals surface area contributed by atoms with Gasteiger partial charge in [0.25, 0.3) is 0 Å². The van der Waals surface area contributed by atoms with Gasteiger partial charge in [-0.15, -0.1) is 0 Å². The second-order valence-corrected chi connectivity index (χ2v) is 5.21. The molecule has 0 aliphatic heterocycles. The van der Waals surface area contributed by atoms with Crippen molar-refractivity contribution in [2.24, 2.45) is 0 Å². The van der Waals surface area contributed by atoms with E-state index >= 15 is 0 Å². The first kappa shape index (κ1) is 14.3. The molecule has 2 rings (SSSR count). The Labute approximate surface area is 115 Å². The number of ketones is 1. The van der Waals surface area contributed by atoms with Crippen LogP contribution in [0.25, 0.3) is 0 Å². The predicted molar refractivity (Wildman–Crippen MR) is 68.9 cm³/mol. The average Bonchev–Trinajstić information content (AvgIpc) is 2.84. The third-order valence-corrected chi connectivity index (χ3v) is 3.64. The fourth-order valence-corrected chi connectivity index (χ4v) is 2.34. The molecule has 1 aromatic rings. The van der Waals surface area contributed by atoms with Gasteiger partial charge in [-0.1, -0.05) is 17.7 Å². The second kappa shape index (κ2) is 5.45. The van der Waals surface area contributed by atoms with Crippen LogP contribution in [0.3, 0.4) is 0 Å². The van der Waals surface area contributed by atoms with Crippen molar-refractivity contribution < 1.29 is 18.3 Å². The first-order chi connectivity index (χ1) is 8.91. The maximum atomic E-state index is 13.7. The molecule has 0 N–H and O–H groups in total. The molecule has 0 heterocycles. The highest BCUT2D eigenvalue weighted by molar-refractivity contribution is 6.32. The van der Waals surface area contributed by atoms with Gasteiger partial charge in [-0.3, -0.25) is 4.79 Å². The van der Waals surface area contributed by atoms with E-state index in [0.717, 1.165) is 38.7 Å². The summed E-state index contributed by atoms with van der Waals surface area (Å²) >= 11 is 5.95. The summed E-state index contributed by atoms with van der Waals surface area (Å²) in [7, 11) is 0. The molecule has 0 bridgehead atoms. The quantitative estimate of drug-likeness (QED) is 0.824. The zero-order valence-electron chi connectivity index (χ0n) is 10.6. The smallest absolute Gasteiger partial charge is 0.330 e. The number of carbonyl (C=O) groups excluding carboxylic acids is 1. The van der Waals surface area contributed by atoms with Gasteiger partial charge in [0.2, 0.25) is 5.78 Å². The van der Waals surface area contributed by atoms with E-state index in [4.69, 9.17) is 16.3 Å². The molecular weight excluding hydrogens is 274 g/mol. The maximum absolute atomic E-state index is 13.7. The molecule has 0 atom stereocenters. The van der Waals surface area contributed by atoms with Crippen molar-refractivity contribution in [1.29, 1.82) is 0 Å². The Morgan fingerprint density at radius 1 is 1.37 bits per heavy atom. The Hall–Kier alpha value is -1.16. The highest BCUT2D eigenvalue weighted by Crippen LogP contribution is 2.36. The molecule has 5 heteroatoms. The topological polar surface area (TPSA) is 26.3 Å². The first-order valence-electron chi connectivity index (χ1n) is 6.27. The van der Waals surface area contributed by atoms with E-state index in [9.17, 15) is 13.6 Å². The summed E-state index contributed by atoms with van der Waals surface area (Å²) < 4.78 is 33.0. The summed E-state index contributed by atoms with van der Waals surface area (Å²) in [5.74, 6) is -4.47. The van der Waals surface area contributed by atoms with Crippen LogP contribution in [0.4, 0.5) is 8.78 Å². The van der Waals surface area contributed by atoms with Gasteiger partial charge in [0, 0.05) is 12.5 Å². The van der Waals surface area contributed by atoms with Crippen LogP contribution in [0.1, 0.15) is 38.2 Å². The average molecular weight is 289 g/mol. The third-order valence-electron chi connectivity index (χ3n) is 3.33. The minimum absolute atomic E-state index is 0.0266. The zero-order chi connectivity index (χ0) is 14.0. The van der Waals surface area contributed by atoms with E-state index in [2.05, 4.69) is 0 Å². The van der Waals surface area contributed by atoms with Crippen molar-refractivity contribution in [1.82, 2.24) is 0 Å². The predicted octanol–water partition coefficient (Wildman–Crippen LogP) is 4.34. The van der Waals surface area contributed by atoms with Gasteiger partial charge in [0.1, 0.15) is 5.75 Å². The lowest BCUT2D eigenvalue weighted by molar-refractivity contribution is -0.141. The number of Topliss-reactive ketones (excluding diaryl/α,β-unsaturated/α-hetero) is 1. The van der Waals surface area contributed by atoms with E-state index in [0.29, 0.717) is 0 Å². The molecule has 0 aromatic heterocycles. The van der Waals surface area contributed by atoms with Crippen molar-refractivity contribution in [2.45, 2.75) is 44.6 Å². The van der Waals surface area contributed by atoms with E-state index in [-0.39, 0.29) is 22.4 Å². The Morgan fingerprint density at radius 2 is 2.00 bits per heavy atom. The van der Waals surface area contributed by atoms with Crippen molar-refractivity contribution in [3.8, 4) is 5.75 Å². The van der Waals surface area contributed by atoms with E-state index in [1.807, 2.05) is 0 Å². The van der Waals surface area contributed by atoms with Crippen LogP contribution in [0.15, 0.2) is 18.2 Å². The molecule has 104 valence electrons. The molecule has 1 saturated carbocycles. The van der Waals surface area contributed by atoms with Crippen LogP contribution in [0, 0.1) is 0 Å². The number of ether oxygens (including phenoxy) is 1. The van der Waals surface area contributed by atoms with Gasteiger partial charge in [-0.05, 0) is 37.8 Å². The normalized spacial score (nSPS) is 16.6. The number of hydrogen-bond donors (Lipinski definition) is 0. The summed E-state index contributed by atoms with van der Waals surface area (Å²) in [4.78, 5) is 11.0. The lowest BCUT2D eigenvalue weighted by atomic mass is 10.1. The Balaban J connectivity index is 2.26. The molecule has 1 fully saturated rings. The number of benzene rings is 1. The summed E-state index contributed by atoms with van der Waals surface area (Å²) in [5, 5.41) is 0.287. The van der Waals surface area contributed by atoms with Crippen LogP contribution in [0.5, 0.6) is 5.75 Å². The zero-order valence-corrected chi connectivity index (χ0v) is 11.3. The molecule has 19 heavy (non-hydrogen) atoms. The lowest BCUT2D eigenvalue weighted by Crippen LogP contribution is -2.23. The summed E-state index contributed by atoms with van der Waals surface area (Å²) in [5.41, 5.74) is -0.377. The number of rotatable bonds is 4. The van der Waals surface area contributed by atoms with Crippen LogP contribution < -0.4 is 4.74 Å². The number of halogens is 3. The fraction of sp³-hybridized carbons (Fsp3) is 0.500. The molecule has 0 unspecified atom stereocenters. The van der Waals surface area contributed by atoms with Crippen molar-refractivity contribution >= 4 is 17.4 Å². The van der Waals surface area contributed by atoms with Crippen LogP contribution in [-0.2, 0) is 10.7 Å². The van der Waals surface area contributed by atoms with Crippen LogP contribution >= 0.6 is 11.6 Å². The minimum atomic E-state index is -3.50. The van der Waals surface area contributed by atoms with Crippen LogP contribution in [-0.4, -0.2) is 11.9 Å². The third kappa shape index (κ3) is 3.06. The van der Waals surface area contributed by atoms with Gasteiger partial charge in [0.05, 0.1) is 11.1 Å². The Kier molecular flexibility index (Phi) is 4.09. The molecule has 0 saturated heterocycles. The van der Waals surface area contributed by atoms with Crippen molar-refractivity contribution in [3.05, 3.63) is 28.8 Å². The second-order valence-electron chi connectivity index (χ2n) is 4.80. The molecule has 0 radical (unpaired) electrons. The number of alkyl halides is 2. The van der Waals surface area contributed by atoms with Crippen molar-refractivity contribution in [3.63, 3.8) is 0 Å².